The summed E-state index contributed by atoms with van der Waals surface area (Å²) in [7, 11) is 0. The Hall–Kier alpha value is -3.19. The van der Waals surface area contributed by atoms with Gasteiger partial charge in [-0.25, -0.2) is 9.36 Å². The molecule has 0 radical (unpaired) electrons. The van der Waals surface area contributed by atoms with Crippen LogP contribution in [0.2, 0.25) is 0 Å². The van der Waals surface area contributed by atoms with Crippen LogP contribution in [0.15, 0.2) is 57.4 Å². The molecule has 0 spiro atoms. The van der Waals surface area contributed by atoms with Gasteiger partial charge in [0.1, 0.15) is 10.9 Å². The number of rotatable bonds is 3. The van der Waals surface area contributed by atoms with E-state index < -0.39 is 23.2 Å². The molecule has 0 saturated heterocycles. The van der Waals surface area contributed by atoms with Crippen LogP contribution in [0.25, 0.3) is 32.1 Å². The van der Waals surface area contributed by atoms with Gasteiger partial charge in [0.15, 0.2) is 0 Å². The quantitative estimate of drug-likeness (QED) is 0.584. The molecule has 0 aliphatic carbocycles. The lowest BCUT2D eigenvalue weighted by atomic mass is 10.0. The summed E-state index contributed by atoms with van der Waals surface area (Å²) in [6, 6.07) is 12.9. The van der Waals surface area contributed by atoms with E-state index >= 15 is 0 Å². The zero-order valence-electron chi connectivity index (χ0n) is 13.9. The standard InChI is InChI=1S/C19H15N3O3S/c1-10(16(20)23)22-18(24)15-14(9-26-17(15)21-19(22)25)13-7-6-11-4-2-3-5-12(11)8-13/h2-10H,1H3,(H2,20,23)(H,21,25). The van der Waals surface area contributed by atoms with E-state index in [1.807, 2.05) is 47.8 Å². The third kappa shape index (κ3) is 2.44. The summed E-state index contributed by atoms with van der Waals surface area (Å²) >= 11 is 1.29. The Kier molecular flexibility index (Phi) is 3.73. The van der Waals surface area contributed by atoms with Gasteiger partial charge in [-0.15, -0.1) is 11.3 Å². The number of benzene rings is 2. The third-order valence-corrected chi connectivity index (χ3v) is 5.42. The van der Waals surface area contributed by atoms with E-state index in [-0.39, 0.29) is 0 Å². The van der Waals surface area contributed by atoms with Crippen molar-refractivity contribution >= 4 is 38.2 Å². The summed E-state index contributed by atoms with van der Waals surface area (Å²) in [6.07, 6.45) is 0. The molecule has 3 N–H and O–H groups in total. The normalized spacial score (nSPS) is 12.5. The number of nitrogens with two attached hydrogens (primary N) is 1. The number of nitrogens with zero attached hydrogens (tertiary/aromatic N) is 1. The maximum atomic E-state index is 13.0. The van der Waals surface area contributed by atoms with Crippen LogP contribution in [0.1, 0.15) is 13.0 Å². The summed E-state index contributed by atoms with van der Waals surface area (Å²) in [5, 5.41) is 4.38. The minimum Gasteiger partial charge on any atom is -0.368 e. The number of amides is 1. The predicted octanol–water partition coefficient (Wildman–Crippen LogP) is 2.62. The minimum atomic E-state index is -1.03. The van der Waals surface area contributed by atoms with Crippen LogP contribution in [0.5, 0.6) is 0 Å². The van der Waals surface area contributed by atoms with Gasteiger partial charge < -0.3 is 5.73 Å². The molecule has 0 aliphatic heterocycles. The Bertz CT molecular complexity index is 1280. The Morgan fingerprint density at radius 3 is 2.62 bits per heavy atom. The molecule has 4 rings (SSSR count). The van der Waals surface area contributed by atoms with Crippen molar-refractivity contribution in [3.8, 4) is 11.1 Å². The van der Waals surface area contributed by atoms with E-state index in [2.05, 4.69) is 4.98 Å². The van der Waals surface area contributed by atoms with Gasteiger partial charge in [-0.05, 0) is 29.3 Å². The van der Waals surface area contributed by atoms with Gasteiger partial charge in [-0.2, -0.15) is 0 Å². The molecule has 0 aliphatic rings. The highest BCUT2D eigenvalue weighted by Gasteiger charge is 2.20. The highest BCUT2D eigenvalue weighted by Crippen LogP contribution is 2.32. The molecule has 0 bridgehead atoms. The number of H-pyrrole nitrogens is 1. The molecule has 0 saturated carbocycles. The van der Waals surface area contributed by atoms with Crippen LogP contribution in [0.4, 0.5) is 0 Å². The molecule has 0 fully saturated rings. The summed E-state index contributed by atoms with van der Waals surface area (Å²) in [5.74, 6) is -0.737. The number of hydrogen-bond donors (Lipinski definition) is 2. The zero-order valence-corrected chi connectivity index (χ0v) is 14.7. The van der Waals surface area contributed by atoms with Crippen molar-refractivity contribution in [3.05, 3.63) is 68.7 Å². The van der Waals surface area contributed by atoms with E-state index in [4.69, 9.17) is 5.73 Å². The number of carbonyl (C=O) groups excluding carboxylic acids is 1. The highest BCUT2D eigenvalue weighted by atomic mass is 32.1. The first kappa shape index (κ1) is 16.3. The highest BCUT2D eigenvalue weighted by molar-refractivity contribution is 7.17. The lowest BCUT2D eigenvalue weighted by molar-refractivity contribution is -0.120. The van der Waals surface area contributed by atoms with Crippen molar-refractivity contribution in [3.63, 3.8) is 0 Å². The van der Waals surface area contributed by atoms with Crippen molar-refractivity contribution in [2.24, 2.45) is 5.73 Å². The van der Waals surface area contributed by atoms with E-state index in [9.17, 15) is 14.4 Å². The van der Waals surface area contributed by atoms with Gasteiger partial charge in [-0.3, -0.25) is 14.6 Å². The van der Waals surface area contributed by atoms with Gasteiger partial charge in [0.05, 0.1) is 5.39 Å². The van der Waals surface area contributed by atoms with Crippen LogP contribution in [-0.2, 0) is 4.79 Å². The first-order chi connectivity index (χ1) is 12.5. The maximum absolute atomic E-state index is 13.0. The summed E-state index contributed by atoms with van der Waals surface area (Å²) in [4.78, 5) is 39.8. The molecule has 4 aromatic rings. The first-order valence-electron chi connectivity index (χ1n) is 8.02. The minimum absolute atomic E-state index is 0.387. The maximum Gasteiger partial charge on any atom is 0.330 e. The second-order valence-electron chi connectivity index (χ2n) is 6.10. The smallest absolute Gasteiger partial charge is 0.330 e. The fourth-order valence-electron chi connectivity index (χ4n) is 3.08. The zero-order chi connectivity index (χ0) is 18.4. The molecule has 6 nitrogen and oxygen atoms in total. The SMILES string of the molecule is CC(C(N)=O)n1c(=O)[nH]c2scc(-c3ccc4ccccc4c3)c2c1=O. The fraction of sp³-hybridized carbons (Fsp3) is 0.105. The Morgan fingerprint density at radius 2 is 1.88 bits per heavy atom. The van der Waals surface area contributed by atoms with Crippen molar-refractivity contribution in [2.45, 2.75) is 13.0 Å². The number of carbonyl (C=O) groups is 1. The van der Waals surface area contributed by atoms with Gasteiger partial charge in [0, 0.05) is 10.9 Å². The van der Waals surface area contributed by atoms with Gasteiger partial charge >= 0.3 is 5.69 Å². The first-order valence-corrected chi connectivity index (χ1v) is 8.90. The van der Waals surface area contributed by atoms with E-state index in [1.165, 1.54) is 18.3 Å². The number of nitrogens with one attached hydrogen (secondary N) is 1. The third-order valence-electron chi connectivity index (χ3n) is 4.52. The van der Waals surface area contributed by atoms with Gasteiger partial charge in [-0.1, -0.05) is 36.4 Å². The fourth-order valence-corrected chi connectivity index (χ4v) is 4.03. The number of thiophene rings is 1. The number of aromatic amines is 1. The van der Waals surface area contributed by atoms with Gasteiger partial charge in [0.2, 0.25) is 5.91 Å². The van der Waals surface area contributed by atoms with E-state index in [1.54, 1.807) is 0 Å². The van der Waals surface area contributed by atoms with Crippen LogP contribution in [0.3, 0.4) is 0 Å². The topological polar surface area (TPSA) is 97.9 Å². The summed E-state index contributed by atoms with van der Waals surface area (Å²) in [5.41, 5.74) is 5.73. The molecule has 1 atom stereocenters. The largest absolute Gasteiger partial charge is 0.368 e. The van der Waals surface area contributed by atoms with Crippen molar-refractivity contribution < 1.29 is 4.79 Å². The molecule has 1 amide bonds. The molecule has 1 unspecified atom stereocenters. The average molecular weight is 365 g/mol. The molecular formula is C19H15N3O3S. The number of aromatic nitrogens is 2. The molecule has 26 heavy (non-hydrogen) atoms. The predicted molar refractivity (Wildman–Crippen MR) is 104 cm³/mol. The molecule has 7 heteroatoms. The molecule has 2 aromatic heterocycles. The monoisotopic (exact) mass is 365 g/mol. The van der Waals surface area contributed by atoms with Gasteiger partial charge in [0.25, 0.3) is 5.56 Å². The van der Waals surface area contributed by atoms with Crippen LogP contribution in [-0.4, -0.2) is 15.5 Å². The van der Waals surface area contributed by atoms with Crippen molar-refractivity contribution in [2.75, 3.05) is 0 Å². The van der Waals surface area contributed by atoms with Crippen LogP contribution in [0, 0.1) is 0 Å². The Labute approximate surface area is 151 Å². The van der Waals surface area contributed by atoms with Crippen molar-refractivity contribution in [1.29, 1.82) is 0 Å². The second kappa shape index (κ2) is 5.96. The summed E-state index contributed by atoms with van der Waals surface area (Å²) < 4.78 is 0.877. The number of hydrogen-bond acceptors (Lipinski definition) is 4. The lowest BCUT2D eigenvalue weighted by Gasteiger charge is -2.10. The van der Waals surface area contributed by atoms with Crippen molar-refractivity contribution in [1.82, 2.24) is 9.55 Å². The molecule has 2 heterocycles. The Morgan fingerprint density at radius 1 is 1.15 bits per heavy atom. The van der Waals surface area contributed by atoms with E-state index in [0.717, 1.165) is 26.5 Å². The number of primary amides is 1. The second-order valence-corrected chi connectivity index (χ2v) is 6.98. The number of fused-ring (bicyclic) bond motifs is 2. The average Bonchev–Trinajstić information content (AvgIpc) is 3.05. The Balaban J connectivity index is 2.01. The lowest BCUT2D eigenvalue weighted by Crippen LogP contribution is -2.41. The molecule has 130 valence electrons. The molecular weight excluding hydrogens is 350 g/mol. The van der Waals surface area contributed by atoms with E-state index in [0.29, 0.717) is 10.2 Å². The van der Waals surface area contributed by atoms with Crippen LogP contribution >= 0.6 is 11.3 Å². The molecule has 2 aromatic carbocycles. The van der Waals surface area contributed by atoms with Crippen LogP contribution < -0.4 is 17.0 Å². The summed E-state index contributed by atoms with van der Waals surface area (Å²) in [6.45, 7) is 1.44.